The molecule has 0 saturated heterocycles. The van der Waals surface area contributed by atoms with Crippen molar-refractivity contribution in [2.24, 2.45) is 13.0 Å². The van der Waals surface area contributed by atoms with E-state index in [9.17, 15) is 9.18 Å². The van der Waals surface area contributed by atoms with E-state index in [4.69, 9.17) is 11.6 Å². The number of carbonyl (C=O) groups excluding carboxylic acids is 1. The molecule has 0 saturated carbocycles. The van der Waals surface area contributed by atoms with E-state index >= 15 is 0 Å². The molecular weight excluding hydrogens is 403 g/mol. The van der Waals surface area contributed by atoms with E-state index in [1.165, 1.54) is 12.1 Å². The molecule has 2 amide bonds. The molecule has 0 aliphatic rings. The summed E-state index contributed by atoms with van der Waals surface area (Å²) in [4.78, 5) is 17.3. The Morgan fingerprint density at radius 1 is 1.10 bits per heavy atom. The van der Waals surface area contributed by atoms with Gasteiger partial charge in [0.05, 0.1) is 0 Å². The lowest BCUT2D eigenvalue weighted by Gasteiger charge is -2.25. The molecule has 1 heterocycles. The Bertz CT molecular complexity index is 970. The van der Waals surface area contributed by atoms with Gasteiger partial charge < -0.3 is 15.2 Å². The minimum Gasteiger partial charge on any atom is -0.336 e. The first kappa shape index (κ1) is 21.8. The number of rotatable bonds is 7. The monoisotopic (exact) mass is 428 g/mol. The van der Waals surface area contributed by atoms with Crippen LogP contribution in [0.4, 0.5) is 9.18 Å². The molecule has 0 fully saturated rings. The lowest BCUT2D eigenvalue weighted by Crippen LogP contribution is -2.47. The molecule has 7 heteroatoms. The summed E-state index contributed by atoms with van der Waals surface area (Å²) in [5.41, 5.74) is 1.84. The van der Waals surface area contributed by atoms with Crippen molar-refractivity contribution in [1.82, 2.24) is 20.2 Å². The maximum Gasteiger partial charge on any atom is 0.315 e. The molecule has 3 rings (SSSR count). The Hall–Kier alpha value is -2.86. The second-order valence-corrected chi connectivity index (χ2v) is 8.12. The van der Waals surface area contributed by atoms with Crippen LogP contribution in [0, 0.1) is 11.7 Å². The number of nitrogens with zero attached hydrogens (tertiary/aromatic N) is 2. The topological polar surface area (TPSA) is 59.0 Å². The Kier molecular flexibility index (Phi) is 7.11. The minimum absolute atomic E-state index is 0.0681. The fourth-order valence-corrected chi connectivity index (χ4v) is 3.40. The van der Waals surface area contributed by atoms with Crippen LogP contribution in [0.25, 0.3) is 0 Å². The number of hydrogen-bond acceptors (Lipinski definition) is 2. The Balaban J connectivity index is 1.76. The quantitative estimate of drug-likeness (QED) is 0.564. The summed E-state index contributed by atoms with van der Waals surface area (Å²) in [6, 6.07) is 12.8. The number of imidazole rings is 1. The summed E-state index contributed by atoms with van der Waals surface area (Å²) in [7, 11) is 1.86. The fourth-order valence-electron chi connectivity index (χ4n) is 3.28. The minimum atomic E-state index is -0.506. The van der Waals surface area contributed by atoms with Crippen LogP contribution >= 0.6 is 11.6 Å². The summed E-state index contributed by atoms with van der Waals surface area (Å²) in [6.07, 6.45) is 4.16. The fraction of sp³-hybridized carbons (Fsp3) is 0.304. The molecule has 5 nitrogen and oxygen atoms in total. The number of amides is 2. The van der Waals surface area contributed by atoms with E-state index in [0.29, 0.717) is 17.3 Å². The Labute approximate surface area is 181 Å². The zero-order chi connectivity index (χ0) is 21.7. The number of carbonyl (C=O) groups is 1. The molecule has 0 spiro atoms. The second-order valence-electron chi connectivity index (χ2n) is 7.68. The van der Waals surface area contributed by atoms with Crippen molar-refractivity contribution in [3.63, 3.8) is 0 Å². The summed E-state index contributed by atoms with van der Waals surface area (Å²) in [5.74, 6) is 0.559. The lowest BCUT2D eigenvalue weighted by atomic mass is 9.96. The van der Waals surface area contributed by atoms with Gasteiger partial charge in [-0.3, -0.25) is 0 Å². The van der Waals surface area contributed by atoms with Gasteiger partial charge in [0.25, 0.3) is 0 Å². The maximum absolute atomic E-state index is 13.4. The largest absolute Gasteiger partial charge is 0.336 e. The van der Waals surface area contributed by atoms with Crippen LogP contribution in [0.15, 0.2) is 60.9 Å². The van der Waals surface area contributed by atoms with Gasteiger partial charge in [0.2, 0.25) is 0 Å². The van der Waals surface area contributed by atoms with Crippen molar-refractivity contribution in [2.45, 2.75) is 32.4 Å². The normalized spacial score (nSPS) is 13.1. The SMILES string of the molecule is CC(C)C(Cc1ccc(Cl)cc1)NC(=O)NC(c1ccc(F)cc1)c1nccn1C. The highest BCUT2D eigenvalue weighted by Gasteiger charge is 2.23. The first-order valence-corrected chi connectivity index (χ1v) is 10.3. The summed E-state index contributed by atoms with van der Waals surface area (Å²) < 4.78 is 15.2. The summed E-state index contributed by atoms with van der Waals surface area (Å²) >= 11 is 5.97. The maximum atomic E-state index is 13.4. The summed E-state index contributed by atoms with van der Waals surface area (Å²) in [6.45, 7) is 4.13. The highest BCUT2D eigenvalue weighted by molar-refractivity contribution is 6.30. The summed E-state index contributed by atoms with van der Waals surface area (Å²) in [5, 5.41) is 6.76. The van der Waals surface area contributed by atoms with Crippen LogP contribution in [0.1, 0.15) is 36.8 Å². The molecule has 3 aromatic rings. The van der Waals surface area contributed by atoms with Gasteiger partial charge in [-0.1, -0.05) is 49.7 Å². The molecule has 0 bridgehead atoms. The average molecular weight is 429 g/mol. The molecule has 158 valence electrons. The predicted molar refractivity (Wildman–Crippen MR) is 117 cm³/mol. The van der Waals surface area contributed by atoms with Gasteiger partial charge in [0, 0.05) is 30.5 Å². The molecule has 1 aromatic heterocycles. The van der Waals surface area contributed by atoms with Gasteiger partial charge in [0.15, 0.2) is 0 Å². The van der Waals surface area contributed by atoms with Crippen LogP contribution in [-0.4, -0.2) is 21.6 Å². The van der Waals surface area contributed by atoms with Crippen molar-refractivity contribution in [1.29, 1.82) is 0 Å². The third kappa shape index (κ3) is 5.60. The number of aryl methyl sites for hydroxylation is 1. The number of nitrogens with one attached hydrogen (secondary N) is 2. The molecule has 2 aromatic carbocycles. The van der Waals surface area contributed by atoms with Crippen molar-refractivity contribution in [2.75, 3.05) is 0 Å². The van der Waals surface area contributed by atoms with E-state index in [1.54, 1.807) is 18.3 Å². The van der Waals surface area contributed by atoms with Crippen LogP contribution in [0.3, 0.4) is 0 Å². The highest BCUT2D eigenvalue weighted by Crippen LogP contribution is 2.21. The van der Waals surface area contributed by atoms with Gasteiger partial charge in [-0.2, -0.15) is 0 Å². The first-order valence-electron chi connectivity index (χ1n) is 9.87. The Morgan fingerprint density at radius 2 is 1.77 bits per heavy atom. The van der Waals surface area contributed by atoms with Crippen LogP contribution in [0.5, 0.6) is 0 Å². The third-order valence-corrected chi connectivity index (χ3v) is 5.34. The number of aromatic nitrogens is 2. The molecule has 2 atom stereocenters. The number of halogens is 2. The molecule has 2 N–H and O–H groups in total. The van der Waals surface area contributed by atoms with E-state index < -0.39 is 6.04 Å². The van der Waals surface area contributed by atoms with Crippen molar-refractivity contribution < 1.29 is 9.18 Å². The number of hydrogen-bond donors (Lipinski definition) is 2. The number of urea groups is 1. The second kappa shape index (κ2) is 9.76. The lowest BCUT2D eigenvalue weighted by molar-refractivity contribution is 0.230. The smallest absolute Gasteiger partial charge is 0.315 e. The van der Waals surface area contributed by atoms with Crippen molar-refractivity contribution in [3.8, 4) is 0 Å². The van der Waals surface area contributed by atoms with Gasteiger partial charge in [-0.25, -0.2) is 14.2 Å². The van der Waals surface area contributed by atoms with Crippen LogP contribution in [-0.2, 0) is 13.5 Å². The molecule has 30 heavy (non-hydrogen) atoms. The molecular formula is C23H26ClFN4O. The number of benzene rings is 2. The van der Waals surface area contributed by atoms with Crippen LogP contribution < -0.4 is 10.6 Å². The van der Waals surface area contributed by atoms with Crippen molar-refractivity contribution in [3.05, 3.63) is 88.7 Å². The van der Waals surface area contributed by atoms with E-state index in [0.717, 1.165) is 11.1 Å². The molecule has 0 aliphatic heterocycles. The predicted octanol–water partition coefficient (Wildman–Crippen LogP) is 4.87. The van der Waals surface area contributed by atoms with Gasteiger partial charge in [-0.15, -0.1) is 0 Å². The Morgan fingerprint density at radius 3 is 2.33 bits per heavy atom. The molecule has 0 aliphatic carbocycles. The third-order valence-electron chi connectivity index (χ3n) is 5.09. The van der Waals surface area contributed by atoms with Gasteiger partial charge in [0.1, 0.15) is 17.7 Å². The van der Waals surface area contributed by atoms with E-state index in [2.05, 4.69) is 29.5 Å². The molecule has 2 unspecified atom stereocenters. The van der Waals surface area contributed by atoms with Crippen LogP contribution in [0.2, 0.25) is 5.02 Å². The highest BCUT2D eigenvalue weighted by atomic mass is 35.5. The van der Waals surface area contributed by atoms with E-state index in [1.807, 2.05) is 42.1 Å². The average Bonchev–Trinajstić information content (AvgIpc) is 3.13. The van der Waals surface area contributed by atoms with Gasteiger partial charge in [-0.05, 0) is 47.7 Å². The van der Waals surface area contributed by atoms with Gasteiger partial charge >= 0.3 is 6.03 Å². The zero-order valence-corrected chi connectivity index (χ0v) is 18.0. The van der Waals surface area contributed by atoms with Crippen molar-refractivity contribution >= 4 is 17.6 Å². The van der Waals surface area contributed by atoms with E-state index in [-0.39, 0.29) is 23.8 Å². The standard InChI is InChI=1S/C23H26ClFN4O/c1-15(2)20(14-16-4-8-18(24)9-5-16)27-23(30)28-21(22-26-12-13-29(22)3)17-6-10-19(25)11-7-17/h4-13,15,20-21H,14H2,1-3H3,(H2,27,28,30). The zero-order valence-electron chi connectivity index (χ0n) is 17.3. The molecule has 0 radical (unpaired) electrons. The first-order chi connectivity index (χ1) is 14.3.